The second kappa shape index (κ2) is 5.83. The summed E-state index contributed by atoms with van der Waals surface area (Å²) in [4.78, 5) is 24.9. The number of carbonyl (C=O) groups excluding carboxylic acids is 1. The molecule has 0 aromatic heterocycles. The lowest BCUT2D eigenvalue weighted by atomic mass is 9.99. The van der Waals surface area contributed by atoms with Crippen LogP contribution in [-0.2, 0) is 9.53 Å². The molecular formula is C14H24N2O4. The lowest BCUT2D eigenvalue weighted by Gasteiger charge is -2.47. The number of carboxylic acid groups (broad SMARTS) is 1. The smallest absolute Gasteiger partial charge is 0.326 e. The number of hydrogen-bond donors (Lipinski definition) is 2. The van der Waals surface area contributed by atoms with Crippen molar-refractivity contribution < 1.29 is 19.4 Å². The fourth-order valence-corrected chi connectivity index (χ4v) is 2.56. The Kier molecular flexibility index (Phi) is 4.81. The van der Waals surface area contributed by atoms with Crippen molar-refractivity contribution in [2.75, 3.05) is 13.1 Å². The van der Waals surface area contributed by atoms with E-state index in [1.54, 1.807) is 4.90 Å². The van der Waals surface area contributed by atoms with E-state index in [2.05, 4.69) is 11.9 Å². The molecule has 1 rings (SSSR count). The van der Waals surface area contributed by atoms with Crippen LogP contribution in [0.3, 0.4) is 0 Å². The van der Waals surface area contributed by atoms with E-state index in [9.17, 15) is 9.59 Å². The topological polar surface area (TPSA) is 78.9 Å². The number of morpholine rings is 1. The van der Waals surface area contributed by atoms with E-state index >= 15 is 0 Å². The summed E-state index contributed by atoms with van der Waals surface area (Å²) in [6.45, 7) is 12.0. The average molecular weight is 284 g/mol. The highest BCUT2D eigenvalue weighted by molar-refractivity contribution is 5.82. The van der Waals surface area contributed by atoms with Gasteiger partial charge in [-0.2, -0.15) is 0 Å². The van der Waals surface area contributed by atoms with Gasteiger partial charge in [0.2, 0.25) is 0 Å². The lowest BCUT2D eigenvalue weighted by Crippen LogP contribution is -2.61. The van der Waals surface area contributed by atoms with Gasteiger partial charge in [-0.05, 0) is 34.1 Å². The van der Waals surface area contributed by atoms with Crippen LogP contribution in [0.4, 0.5) is 4.79 Å². The minimum Gasteiger partial charge on any atom is -0.480 e. The predicted octanol–water partition coefficient (Wildman–Crippen LogP) is 1.61. The molecule has 0 saturated carbocycles. The monoisotopic (exact) mass is 284 g/mol. The standard InChI is InChI=1S/C14H24N2O4/c1-6-7-10(11(17)18)15-12(19)16-8-13(2,3)20-14(4,5)9-16/h6,10H,1,7-9H2,2-5H3,(H,15,19)(H,17,18). The molecule has 1 fully saturated rings. The molecule has 0 aliphatic carbocycles. The third kappa shape index (κ3) is 4.52. The summed E-state index contributed by atoms with van der Waals surface area (Å²) in [7, 11) is 0. The summed E-state index contributed by atoms with van der Waals surface area (Å²) < 4.78 is 5.89. The highest BCUT2D eigenvalue weighted by Gasteiger charge is 2.40. The number of amides is 2. The van der Waals surface area contributed by atoms with Gasteiger partial charge in [-0.3, -0.25) is 0 Å². The molecule has 1 aliphatic rings. The third-order valence-electron chi connectivity index (χ3n) is 2.98. The number of nitrogens with zero attached hydrogens (tertiary/aromatic N) is 1. The molecule has 0 aromatic carbocycles. The average Bonchev–Trinajstić information content (AvgIpc) is 2.23. The third-order valence-corrected chi connectivity index (χ3v) is 2.98. The van der Waals surface area contributed by atoms with Crippen molar-refractivity contribution in [2.45, 2.75) is 51.4 Å². The van der Waals surface area contributed by atoms with Crippen LogP contribution < -0.4 is 5.32 Å². The molecule has 1 saturated heterocycles. The van der Waals surface area contributed by atoms with Crippen molar-refractivity contribution in [3.8, 4) is 0 Å². The van der Waals surface area contributed by atoms with Gasteiger partial charge in [0, 0.05) is 0 Å². The summed E-state index contributed by atoms with van der Waals surface area (Å²) in [5.41, 5.74) is -0.924. The number of aliphatic carboxylic acids is 1. The molecule has 0 radical (unpaired) electrons. The molecule has 1 unspecified atom stereocenters. The number of ether oxygens (including phenoxy) is 1. The molecule has 0 bridgehead atoms. The van der Waals surface area contributed by atoms with Crippen LogP contribution in [0.1, 0.15) is 34.1 Å². The summed E-state index contributed by atoms with van der Waals surface area (Å²) in [6, 6.07) is -1.34. The van der Waals surface area contributed by atoms with Gasteiger partial charge in [-0.1, -0.05) is 6.08 Å². The maximum atomic E-state index is 12.2. The zero-order valence-electron chi connectivity index (χ0n) is 12.6. The van der Waals surface area contributed by atoms with Crippen molar-refractivity contribution in [1.82, 2.24) is 10.2 Å². The van der Waals surface area contributed by atoms with E-state index in [1.807, 2.05) is 27.7 Å². The minimum atomic E-state index is -1.06. The van der Waals surface area contributed by atoms with Gasteiger partial charge in [0.05, 0.1) is 24.3 Å². The summed E-state index contributed by atoms with van der Waals surface area (Å²) in [5.74, 6) is -1.06. The Labute approximate surface area is 119 Å². The Balaban J connectivity index is 2.75. The van der Waals surface area contributed by atoms with E-state index in [0.29, 0.717) is 13.1 Å². The Morgan fingerprint density at radius 2 is 1.85 bits per heavy atom. The van der Waals surface area contributed by atoms with Crippen LogP contribution in [0.25, 0.3) is 0 Å². The zero-order chi connectivity index (χ0) is 15.6. The Morgan fingerprint density at radius 3 is 2.25 bits per heavy atom. The van der Waals surface area contributed by atoms with Gasteiger partial charge in [0.25, 0.3) is 0 Å². The molecule has 1 atom stereocenters. The maximum absolute atomic E-state index is 12.2. The van der Waals surface area contributed by atoms with E-state index < -0.39 is 23.2 Å². The molecule has 114 valence electrons. The Bertz CT molecular complexity index is 388. The van der Waals surface area contributed by atoms with Gasteiger partial charge in [-0.15, -0.1) is 6.58 Å². The van der Waals surface area contributed by atoms with Crippen molar-refractivity contribution in [2.24, 2.45) is 0 Å². The number of rotatable bonds is 4. The van der Waals surface area contributed by atoms with E-state index in [-0.39, 0.29) is 12.5 Å². The van der Waals surface area contributed by atoms with Crippen LogP contribution >= 0.6 is 0 Å². The zero-order valence-corrected chi connectivity index (χ0v) is 12.6. The first-order valence-corrected chi connectivity index (χ1v) is 6.66. The minimum absolute atomic E-state index is 0.193. The first-order chi connectivity index (χ1) is 9.06. The fraction of sp³-hybridized carbons (Fsp3) is 0.714. The molecule has 2 N–H and O–H groups in total. The van der Waals surface area contributed by atoms with Gasteiger partial charge in [0.15, 0.2) is 0 Å². The largest absolute Gasteiger partial charge is 0.480 e. The Hall–Kier alpha value is -1.56. The molecule has 6 heteroatoms. The molecule has 2 amide bonds. The molecule has 0 spiro atoms. The quantitative estimate of drug-likeness (QED) is 0.769. The van der Waals surface area contributed by atoms with Crippen molar-refractivity contribution in [3.63, 3.8) is 0 Å². The number of urea groups is 1. The lowest BCUT2D eigenvalue weighted by molar-refractivity contribution is -0.170. The predicted molar refractivity (Wildman–Crippen MR) is 75.6 cm³/mol. The van der Waals surface area contributed by atoms with Crippen molar-refractivity contribution in [3.05, 3.63) is 12.7 Å². The Morgan fingerprint density at radius 1 is 1.35 bits per heavy atom. The van der Waals surface area contributed by atoms with E-state index in [1.165, 1.54) is 6.08 Å². The van der Waals surface area contributed by atoms with Crippen LogP contribution in [0.15, 0.2) is 12.7 Å². The maximum Gasteiger partial charge on any atom is 0.326 e. The van der Waals surface area contributed by atoms with Gasteiger partial charge < -0.3 is 20.1 Å². The molecule has 0 aromatic rings. The van der Waals surface area contributed by atoms with Crippen LogP contribution in [0.2, 0.25) is 0 Å². The second-order valence-corrected chi connectivity index (χ2v) is 6.34. The molecule has 1 heterocycles. The highest BCUT2D eigenvalue weighted by Crippen LogP contribution is 2.27. The summed E-state index contributed by atoms with van der Waals surface area (Å²) in [6.07, 6.45) is 1.67. The SMILES string of the molecule is C=CCC(NC(=O)N1CC(C)(C)OC(C)(C)C1)C(=O)O. The summed E-state index contributed by atoms with van der Waals surface area (Å²) >= 11 is 0. The normalized spacial score (nSPS) is 21.9. The summed E-state index contributed by atoms with van der Waals surface area (Å²) in [5, 5.41) is 11.6. The highest BCUT2D eigenvalue weighted by atomic mass is 16.5. The van der Waals surface area contributed by atoms with Crippen molar-refractivity contribution >= 4 is 12.0 Å². The van der Waals surface area contributed by atoms with E-state index in [0.717, 1.165) is 0 Å². The first-order valence-electron chi connectivity index (χ1n) is 6.66. The fourth-order valence-electron chi connectivity index (χ4n) is 2.56. The number of nitrogens with one attached hydrogen (secondary N) is 1. The number of carboxylic acids is 1. The van der Waals surface area contributed by atoms with Crippen LogP contribution in [0.5, 0.6) is 0 Å². The van der Waals surface area contributed by atoms with Gasteiger partial charge in [-0.25, -0.2) is 9.59 Å². The second-order valence-electron chi connectivity index (χ2n) is 6.34. The molecule has 6 nitrogen and oxygen atoms in total. The van der Waals surface area contributed by atoms with Gasteiger partial charge in [0.1, 0.15) is 6.04 Å². The molecule has 1 aliphatic heterocycles. The molecule has 20 heavy (non-hydrogen) atoms. The first kappa shape index (κ1) is 16.5. The van der Waals surface area contributed by atoms with Crippen LogP contribution in [-0.4, -0.2) is 52.3 Å². The van der Waals surface area contributed by atoms with Crippen LogP contribution in [0, 0.1) is 0 Å². The van der Waals surface area contributed by atoms with E-state index in [4.69, 9.17) is 9.84 Å². The van der Waals surface area contributed by atoms with Gasteiger partial charge >= 0.3 is 12.0 Å². The molecular weight excluding hydrogens is 260 g/mol. The number of hydrogen-bond acceptors (Lipinski definition) is 3. The number of carbonyl (C=O) groups is 2. The van der Waals surface area contributed by atoms with Crippen molar-refractivity contribution in [1.29, 1.82) is 0 Å².